The molecule has 1 aromatic rings. The average Bonchev–Trinajstić information content (AvgIpc) is 2.72. The standard InChI is InChI=1S/C14H18N2O/c1-9-2-5-13(15-7-9)10-3-4-12-11(6-10)8-16-14(12)17/h3-4,6,9,13,15H,2,5,7-8H2,1H3,(H,16,17)/t9-,13+/m0/s1. The number of carbonyl (C=O) groups is 1. The predicted molar refractivity (Wildman–Crippen MR) is 66.8 cm³/mol. The zero-order valence-electron chi connectivity index (χ0n) is 10.1. The fourth-order valence-electron chi connectivity index (χ4n) is 2.75. The first-order chi connectivity index (χ1) is 8.24. The van der Waals surface area contributed by atoms with Crippen molar-refractivity contribution in [3.05, 3.63) is 34.9 Å². The van der Waals surface area contributed by atoms with Gasteiger partial charge >= 0.3 is 0 Å². The van der Waals surface area contributed by atoms with Crippen LogP contribution in [0, 0.1) is 5.92 Å². The number of hydrogen-bond acceptors (Lipinski definition) is 2. The molecule has 1 aromatic carbocycles. The molecule has 2 aliphatic rings. The SMILES string of the molecule is C[C@H]1CC[C@H](c2ccc3c(c2)CNC3=O)NC1. The Balaban J connectivity index is 1.83. The van der Waals surface area contributed by atoms with Crippen LogP contribution in [0.1, 0.15) is 47.3 Å². The first-order valence-corrected chi connectivity index (χ1v) is 6.38. The zero-order valence-corrected chi connectivity index (χ0v) is 10.1. The van der Waals surface area contributed by atoms with Gasteiger partial charge < -0.3 is 10.6 Å². The zero-order chi connectivity index (χ0) is 11.8. The number of rotatable bonds is 1. The summed E-state index contributed by atoms with van der Waals surface area (Å²) in [6.07, 6.45) is 2.48. The number of piperidine rings is 1. The topological polar surface area (TPSA) is 41.1 Å². The van der Waals surface area contributed by atoms with Gasteiger partial charge in [0.25, 0.3) is 5.91 Å². The summed E-state index contributed by atoms with van der Waals surface area (Å²) in [6.45, 7) is 4.07. The van der Waals surface area contributed by atoms with Crippen LogP contribution in [0.5, 0.6) is 0 Å². The van der Waals surface area contributed by atoms with E-state index in [-0.39, 0.29) is 5.91 Å². The second-order valence-electron chi connectivity index (χ2n) is 5.24. The molecule has 0 unspecified atom stereocenters. The van der Waals surface area contributed by atoms with Crippen molar-refractivity contribution in [3.8, 4) is 0 Å². The van der Waals surface area contributed by atoms with Crippen molar-refractivity contribution in [3.63, 3.8) is 0 Å². The molecule has 90 valence electrons. The molecule has 1 saturated heterocycles. The molecule has 0 saturated carbocycles. The minimum Gasteiger partial charge on any atom is -0.348 e. The molecule has 0 aromatic heterocycles. The quantitative estimate of drug-likeness (QED) is 0.774. The van der Waals surface area contributed by atoms with E-state index in [9.17, 15) is 4.79 Å². The summed E-state index contributed by atoms with van der Waals surface area (Å²) in [4.78, 5) is 11.5. The Labute approximate surface area is 102 Å². The van der Waals surface area contributed by atoms with Crippen molar-refractivity contribution in [1.82, 2.24) is 10.6 Å². The van der Waals surface area contributed by atoms with E-state index in [0.717, 1.165) is 23.6 Å². The van der Waals surface area contributed by atoms with E-state index in [1.54, 1.807) is 0 Å². The Kier molecular flexibility index (Phi) is 2.63. The number of benzene rings is 1. The van der Waals surface area contributed by atoms with Gasteiger partial charge in [0.15, 0.2) is 0 Å². The molecule has 1 fully saturated rings. The first kappa shape index (κ1) is 10.8. The van der Waals surface area contributed by atoms with Gasteiger partial charge in [-0.2, -0.15) is 0 Å². The molecule has 2 aliphatic heterocycles. The molecule has 0 radical (unpaired) electrons. The summed E-state index contributed by atoms with van der Waals surface area (Å²) in [5.74, 6) is 0.848. The summed E-state index contributed by atoms with van der Waals surface area (Å²) in [5, 5.41) is 6.45. The molecular weight excluding hydrogens is 212 g/mol. The van der Waals surface area contributed by atoms with Crippen molar-refractivity contribution in [2.75, 3.05) is 6.54 Å². The molecule has 0 bridgehead atoms. The van der Waals surface area contributed by atoms with E-state index in [1.165, 1.54) is 18.4 Å². The Morgan fingerprint density at radius 3 is 2.94 bits per heavy atom. The van der Waals surface area contributed by atoms with E-state index >= 15 is 0 Å². The number of nitrogens with one attached hydrogen (secondary N) is 2. The Hall–Kier alpha value is -1.35. The highest BCUT2D eigenvalue weighted by atomic mass is 16.1. The highest BCUT2D eigenvalue weighted by Crippen LogP contribution is 2.28. The molecule has 0 aliphatic carbocycles. The van der Waals surface area contributed by atoms with Crippen LogP contribution in [0.4, 0.5) is 0 Å². The van der Waals surface area contributed by atoms with Crippen LogP contribution in [0.3, 0.4) is 0 Å². The summed E-state index contributed by atoms with van der Waals surface area (Å²) < 4.78 is 0. The van der Waals surface area contributed by atoms with E-state index in [1.807, 2.05) is 6.07 Å². The first-order valence-electron chi connectivity index (χ1n) is 6.38. The monoisotopic (exact) mass is 230 g/mol. The van der Waals surface area contributed by atoms with Gasteiger partial charge in [-0.3, -0.25) is 4.79 Å². The van der Waals surface area contributed by atoms with Crippen molar-refractivity contribution in [2.45, 2.75) is 32.4 Å². The molecule has 2 heterocycles. The van der Waals surface area contributed by atoms with Crippen LogP contribution in [-0.4, -0.2) is 12.5 Å². The smallest absolute Gasteiger partial charge is 0.251 e. The third-order valence-corrected chi connectivity index (χ3v) is 3.88. The van der Waals surface area contributed by atoms with Crippen LogP contribution in [-0.2, 0) is 6.54 Å². The van der Waals surface area contributed by atoms with Gasteiger partial charge in [-0.15, -0.1) is 0 Å². The minimum absolute atomic E-state index is 0.0665. The van der Waals surface area contributed by atoms with Gasteiger partial charge in [-0.1, -0.05) is 19.1 Å². The van der Waals surface area contributed by atoms with Crippen LogP contribution in [0.2, 0.25) is 0 Å². The van der Waals surface area contributed by atoms with Gasteiger partial charge in [-0.25, -0.2) is 0 Å². The molecule has 17 heavy (non-hydrogen) atoms. The molecule has 2 N–H and O–H groups in total. The van der Waals surface area contributed by atoms with Gasteiger partial charge in [0.1, 0.15) is 0 Å². The van der Waals surface area contributed by atoms with Gasteiger partial charge in [0.05, 0.1) is 0 Å². The summed E-state index contributed by atoms with van der Waals surface area (Å²) in [7, 11) is 0. The third-order valence-electron chi connectivity index (χ3n) is 3.88. The molecule has 2 atom stereocenters. The lowest BCUT2D eigenvalue weighted by atomic mass is 9.91. The minimum atomic E-state index is 0.0665. The highest BCUT2D eigenvalue weighted by Gasteiger charge is 2.23. The molecule has 3 nitrogen and oxygen atoms in total. The lowest BCUT2D eigenvalue weighted by Crippen LogP contribution is -2.31. The normalized spacial score (nSPS) is 27.7. The van der Waals surface area contributed by atoms with Crippen LogP contribution in [0.25, 0.3) is 0 Å². The summed E-state index contributed by atoms with van der Waals surface area (Å²) in [6, 6.07) is 6.71. The predicted octanol–water partition coefficient (Wildman–Crippen LogP) is 1.99. The molecule has 3 rings (SSSR count). The lowest BCUT2D eigenvalue weighted by Gasteiger charge is -2.28. The summed E-state index contributed by atoms with van der Waals surface area (Å²) in [5.41, 5.74) is 3.32. The van der Waals surface area contributed by atoms with Crippen molar-refractivity contribution in [2.24, 2.45) is 5.92 Å². The van der Waals surface area contributed by atoms with E-state index in [0.29, 0.717) is 12.6 Å². The Morgan fingerprint density at radius 1 is 1.29 bits per heavy atom. The fraction of sp³-hybridized carbons (Fsp3) is 0.500. The number of hydrogen-bond donors (Lipinski definition) is 2. The second kappa shape index (κ2) is 4.15. The van der Waals surface area contributed by atoms with Crippen molar-refractivity contribution < 1.29 is 4.79 Å². The summed E-state index contributed by atoms with van der Waals surface area (Å²) >= 11 is 0. The largest absolute Gasteiger partial charge is 0.348 e. The Morgan fingerprint density at radius 2 is 2.18 bits per heavy atom. The van der Waals surface area contributed by atoms with Gasteiger partial charge in [0, 0.05) is 18.2 Å². The lowest BCUT2D eigenvalue weighted by molar-refractivity contribution is 0.0966. The van der Waals surface area contributed by atoms with Gasteiger partial charge in [0.2, 0.25) is 0 Å². The second-order valence-corrected chi connectivity index (χ2v) is 5.24. The van der Waals surface area contributed by atoms with Crippen molar-refractivity contribution >= 4 is 5.91 Å². The fourth-order valence-corrected chi connectivity index (χ4v) is 2.75. The number of amides is 1. The van der Waals surface area contributed by atoms with E-state index < -0.39 is 0 Å². The molecule has 0 spiro atoms. The Bertz CT molecular complexity index is 448. The molecular formula is C14H18N2O. The van der Waals surface area contributed by atoms with Gasteiger partial charge in [-0.05, 0) is 42.5 Å². The molecule has 1 amide bonds. The van der Waals surface area contributed by atoms with Crippen LogP contribution < -0.4 is 10.6 Å². The maximum atomic E-state index is 11.5. The van der Waals surface area contributed by atoms with Crippen molar-refractivity contribution in [1.29, 1.82) is 0 Å². The van der Waals surface area contributed by atoms with E-state index in [4.69, 9.17) is 0 Å². The third kappa shape index (κ3) is 1.95. The maximum absolute atomic E-state index is 11.5. The van der Waals surface area contributed by atoms with E-state index in [2.05, 4.69) is 29.7 Å². The van der Waals surface area contributed by atoms with Crippen LogP contribution in [0.15, 0.2) is 18.2 Å². The maximum Gasteiger partial charge on any atom is 0.251 e. The van der Waals surface area contributed by atoms with Crippen LogP contribution >= 0.6 is 0 Å². The number of fused-ring (bicyclic) bond motifs is 1. The number of carbonyl (C=O) groups excluding carboxylic acids is 1. The molecule has 3 heteroatoms. The highest BCUT2D eigenvalue weighted by molar-refractivity contribution is 5.98. The average molecular weight is 230 g/mol.